The molecule has 0 atom stereocenters. The van der Waals surface area contributed by atoms with Gasteiger partial charge in [0.2, 0.25) is 0 Å². The maximum atomic E-state index is 15.2. The first kappa shape index (κ1) is 19.1. The second-order valence-corrected chi connectivity index (χ2v) is 8.11. The van der Waals surface area contributed by atoms with Gasteiger partial charge in [0.1, 0.15) is 11.2 Å². The number of alkyl halides is 1. The van der Waals surface area contributed by atoms with Gasteiger partial charge in [0.05, 0.1) is 0 Å². The van der Waals surface area contributed by atoms with Crippen LogP contribution in [0.4, 0.5) is 4.39 Å². The van der Waals surface area contributed by atoms with E-state index in [0.717, 1.165) is 35.5 Å². The molecular weight excluding hydrogens is 383 g/mol. The first-order chi connectivity index (χ1) is 14.7. The van der Waals surface area contributed by atoms with E-state index in [2.05, 4.69) is 19.9 Å². The predicted octanol–water partition coefficient (Wildman–Crippen LogP) is 2.75. The van der Waals surface area contributed by atoms with Crippen molar-refractivity contribution in [3.05, 3.63) is 42.7 Å². The van der Waals surface area contributed by atoms with E-state index in [-0.39, 0.29) is 24.8 Å². The lowest BCUT2D eigenvalue weighted by molar-refractivity contribution is -0.147. The number of aromatic nitrogens is 4. The number of rotatable bonds is 3. The Balaban J connectivity index is 1.41. The standard InChI is InChI=1S/C22H25FN6O/c23-22(8-12-24-13-9-22)21(30)28-14-6-16(7-15-28)29-19-18(5-3-11-26-19)27-20(29)17-4-1-2-10-25-17/h1-5,10-11,16,24H,6-9,12-15H2. The van der Waals surface area contributed by atoms with E-state index >= 15 is 4.39 Å². The van der Waals surface area contributed by atoms with Crippen LogP contribution in [-0.2, 0) is 4.79 Å². The second kappa shape index (κ2) is 7.75. The van der Waals surface area contributed by atoms with E-state index < -0.39 is 5.67 Å². The van der Waals surface area contributed by atoms with Gasteiger partial charge in [-0.05, 0) is 50.2 Å². The largest absolute Gasteiger partial charge is 0.340 e. The fourth-order valence-corrected chi connectivity index (χ4v) is 4.60. The number of imidazole rings is 1. The summed E-state index contributed by atoms with van der Waals surface area (Å²) >= 11 is 0. The third-order valence-corrected chi connectivity index (χ3v) is 6.24. The lowest BCUT2D eigenvalue weighted by Crippen LogP contribution is -2.53. The highest BCUT2D eigenvalue weighted by atomic mass is 19.1. The molecule has 0 radical (unpaired) electrons. The summed E-state index contributed by atoms with van der Waals surface area (Å²) in [5.41, 5.74) is 0.726. The van der Waals surface area contributed by atoms with E-state index in [4.69, 9.17) is 4.98 Å². The van der Waals surface area contributed by atoms with Crippen molar-refractivity contribution in [2.45, 2.75) is 37.4 Å². The van der Waals surface area contributed by atoms with Gasteiger partial charge in [0.25, 0.3) is 5.91 Å². The zero-order chi connectivity index (χ0) is 20.6. The lowest BCUT2D eigenvalue weighted by Gasteiger charge is -2.38. The Morgan fingerprint density at radius 2 is 1.83 bits per heavy atom. The molecule has 2 aliphatic rings. The van der Waals surface area contributed by atoms with Crippen molar-refractivity contribution in [3.63, 3.8) is 0 Å². The van der Waals surface area contributed by atoms with Crippen molar-refractivity contribution in [2.24, 2.45) is 0 Å². The van der Waals surface area contributed by atoms with Crippen LogP contribution in [0.1, 0.15) is 31.7 Å². The maximum Gasteiger partial charge on any atom is 0.260 e. The molecule has 0 spiro atoms. The number of carbonyl (C=O) groups is 1. The summed E-state index contributed by atoms with van der Waals surface area (Å²) < 4.78 is 17.3. The third kappa shape index (κ3) is 3.35. The van der Waals surface area contributed by atoms with Crippen LogP contribution in [0.5, 0.6) is 0 Å². The fourth-order valence-electron chi connectivity index (χ4n) is 4.60. The molecule has 0 aromatic carbocycles. The Kier molecular flexibility index (Phi) is 4.94. The van der Waals surface area contributed by atoms with Gasteiger partial charge < -0.3 is 14.8 Å². The average molecular weight is 408 g/mol. The Hall–Kier alpha value is -2.87. The SMILES string of the molecule is O=C(N1CCC(n2c(-c3ccccn3)nc3cccnc32)CC1)C1(F)CCNCC1. The lowest BCUT2D eigenvalue weighted by atomic mass is 9.91. The Labute approximate surface area is 174 Å². The summed E-state index contributed by atoms with van der Waals surface area (Å²) in [6.07, 6.45) is 5.51. The number of likely N-dealkylation sites (tertiary alicyclic amines) is 1. The number of hydrogen-bond donors (Lipinski definition) is 1. The van der Waals surface area contributed by atoms with Crippen molar-refractivity contribution in [1.82, 2.24) is 29.7 Å². The topological polar surface area (TPSA) is 75.9 Å². The first-order valence-electron chi connectivity index (χ1n) is 10.6. The summed E-state index contributed by atoms with van der Waals surface area (Å²) in [7, 11) is 0. The summed E-state index contributed by atoms with van der Waals surface area (Å²) in [5.74, 6) is 0.440. The molecule has 2 saturated heterocycles. The zero-order valence-electron chi connectivity index (χ0n) is 16.8. The molecule has 3 aromatic heterocycles. The number of nitrogens with one attached hydrogen (secondary N) is 1. The fraction of sp³-hybridized carbons (Fsp3) is 0.455. The van der Waals surface area contributed by atoms with Gasteiger partial charge in [0.15, 0.2) is 17.1 Å². The Bertz CT molecular complexity index is 1040. The van der Waals surface area contributed by atoms with Gasteiger partial charge >= 0.3 is 0 Å². The van der Waals surface area contributed by atoms with E-state index in [9.17, 15) is 4.79 Å². The Morgan fingerprint density at radius 3 is 2.57 bits per heavy atom. The molecule has 3 aromatic rings. The van der Waals surface area contributed by atoms with Gasteiger partial charge in [-0.1, -0.05) is 6.07 Å². The molecule has 156 valence electrons. The molecule has 2 aliphatic heterocycles. The minimum Gasteiger partial charge on any atom is -0.340 e. The van der Waals surface area contributed by atoms with Crippen molar-refractivity contribution in [2.75, 3.05) is 26.2 Å². The number of piperidine rings is 2. The van der Waals surface area contributed by atoms with Crippen molar-refractivity contribution in [1.29, 1.82) is 0 Å². The molecule has 0 unspecified atom stereocenters. The number of carbonyl (C=O) groups excluding carboxylic acids is 1. The normalized spacial score (nSPS) is 19.8. The number of halogens is 1. The molecule has 5 rings (SSSR count). The van der Waals surface area contributed by atoms with Gasteiger partial charge in [-0.15, -0.1) is 0 Å². The van der Waals surface area contributed by atoms with Crippen LogP contribution < -0.4 is 5.32 Å². The molecule has 30 heavy (non-hydrogen) atoms. The second-order valence-electron chi connectivity index (χ2n) is 8.11. The van der Waals surface area contributed by atoms with E-state index in [1.54, 1.807) is 17.3 Å². The number of fused-ring (bicyclic) bond motifs is 1. The van der Waals surface area contributed by atoms with Gasteiger partial charge in [-0.3, -0.25) is 9.78 Å². The number of nitrogens with zero attached hydrogens (tertiary/aromatic N) is 5. The first-order valence-corrected chi connectivity index (χ1v) is 10.6. The summed E-state index contributed by atoms with van der Waals surface area (Å²) in [5, 5.41) is 3.13. The van der Waals surface area contributed by atoms with Gasteiger partial charge in [0, 0.05) is 44.4 Å². The van der Waals surface area contributed by atoms with Crippen LogP contribution in [-0.4, -0.2) is 62.2 Å². The summed E-state index contributed by atoms with van der Waals surface area (Å²) in [4.78, 5) is 28.4. The quantitative estimate of drug-likeness (QED) is 0.721. The molecule has 5 heterocycles. The summed E-state index contributed by atoms with van der Waals surface area (Å²) in [6, 6.07) is 9.73. The number of amides is 1. The van der Waals surface area contributed by atoms with Crippen molar-refractivity contribution >= 4 is 17.1 Å². The van der Waals surface area contributed by atoms with Crippen LogP contribution in [0.3, 0.4) is 0 Å². The van der Waals surface area contributed by atoms with Crippen LogP contribution in [0.2, 0.25) is 0 Å². The van der Waals surface area contributed by atoms with Crippen LogP contribution >= 0.6 is 0 Å². The molecule has 0 aliphatic carbocycles. The minimum atomic E-state index is -1.72. The monoisotopic (exact) mass is 408 g/mol. The molecule has 1 N–H and O–H groups in total. The van der Waals surface area contributed by atoms with Gasteiger partial charge in [-0.2, -0.15) is 0 Å². The van der Waals surface area contributed by atoms with Crippen molar-refractivity contribution < 1.29 is 9.18 Å². The minimum absolute atomic E-state index is 0.134. The highest BCUT2D eigenvalue weighted by Crippen LogP contribution is 2.34. The van der Waals surface area contributed by atoms with Crippen LogP contribution in [0.25, 0.3) is 22.7 Å². The summed E-state index contributed by atoms with van der Waals surface area (Å²) in [6.45, 7) is 2.19. The van der Waals surface area contributed by atoms with E-state index in [1.165, 1.54) is 0 Å². The van der Waals surface area contributed by atoms with E-state index in [0.29, 0.717) is 26.2 Å². The predicted molar refractivity (Wildman–Crippen MR) is 112 cm³/mol. The highest BCUT2D eigenvalue weighted by Gasteiger charge is 2.43. The van der Waals surface area contributed by atoms with Crippen LogP contribution in [0, 0.1) is 0 Å². The molecule has 1 amide bonds. The smallest absolute Gasteiger partial charge is 0.260 e. The van der Waals surface area contributed by atoms with Crippen molar-refractivity contribution in [3.8, 4) is 11.5 Å². The molecule has 0 saturated carbocycles. The highest BCUT2D eigenvalue weighted by molar-refractivity contribution is 5.85. The van der Waals surface area contributed by atoms with E-state index in [1.807, 2.05) is 30.3 Å². The molecule has 8 heteroatoms. The number of hydrogen-bond acceptors (Lipinski definition) is 5. The molecule has 7 nitrogen and oxygen atoms in total. The zero-order valence-corrected chi connectivity index (χ0v) is 16.8. The maximum absolute atomic E-state index is 15.2. The average Bonchev–Trinajstić information content (AvgIpc) is 3.19. The van der Waals surface area contributed by atoms with Gasteiger partial charge in [-0.25, -0.2) is 14.4 Å². The molecule has 2 fully saturated rings. The third-order valence-electron chi connectivity index (χ3n) is 6.24. The Morgan fingerprint density at radius 1 is 1.07 bits per heavy atom. The molecule has 0 bridgehead atoms. The van der Waals surface area contributed by atoms with Crippen LogP contribution in [0.15, 0.2) is 42.7 Å². The number of pyridine rings is 2. The molecular formula is C22H25FN6O.